The number of benzene rings is 2. The van der Waals surface area contributed by atoms with Crippen molar-refractivity contribution in [2.45, 2.75) is 58.8 Å². The van der Waals surface area contributed by atoms with Crippen LogP contribution in [0, 0.1) is 11.8 Å². The second kappa shape index (κ2) is 14.7. The summed E-state index contributed by atoms with van der Waals surface area (Å²) in [4.78, 5) is 50.2. The Labute approximate surface area is 227 Å². The molecular weight excluding hydrogens is 506 g/mol. The number of amides is 3. The van der Waals surface area contributed by atoms with Gasteiger partial charge in [-0.2, -0.15) is 0 Å². The van der Waals surface area contributed by atoms with Crippen molar-refractivity contribution in [3.05, 3.63) is 59.7 Å². The molecule has 0 aliphatic rings. The predicted octanol–water partition coefficient (Wildman–Crippen LogP) is 1.82. The molecular formula is C28H37N3O8. The van der Waals surface area contributed by atoms with Gasteiger partial charge in [-0.15, -0.1) is 0 Å². The van der Waals surface area contributed by atoms with Gasteiger partial charge in [0.15, 0.2) is 11.5 Å². The Balaban J connectivity index is 2.16. The summed E-state index contributed by atoms with van der Waals surface area (Å²) >= 11 is 0. The fraction of sp³-hybridized carbons (Fsp3) is 0.429. The molecule has 11 nitrogen and oxygen atoms in total. The number of nitrogens with one attached hydrogen (secondary N) is 3. The van der Waals surface area contributed by atoms with Gasteiger partial charge < -0.3 is 36.0 Å². The summed E-state index contributed by atoms with van der Waals surface area (Å²) in [6, 6.07) is 10.0. The van der Waals surface area contributed by atoms with Crippen LogP contribution in [0.15, 0.2) is 48.5 Å². The van der Waals surface area contributed by atoms with E-state index in [0.29, 0.717) is 0 Å². The van der Waals surface area contributed by atoms with E-state index in [1.54, 1.807) is 19.9 Å². The standard InChI is InChI=1S/C28H37N3O8/c1-16(2)13-20(26(35)30-21(14-32)28(37)38)29-27(36)23(17(3)4)31-25(34)19-11-8-12-22(24(19)33)39-15-18-9-6-5-7-10-18/h5-12,16-17,20-21,23,32-33H,13-15H2,1-4H3,(H,29,36)(H,30,35)(H,31,34)(H,37,38)/t20-,21-,23-/m0/s1. The number of phenolic OH excluding ortho intramolecular Hbond substituents is 1. The average molecular weight is 544 g/mol. The summed E-state index contributed by atoms with van der Waals surface area (Å²) in [6.07, 6.45) is 0.190. The fourth-order valence-electron chi connectivity index (χ4n) is 3.73. The van der Waals surface area contributed by atoms with E-state index in [9.17, 15) is 29.4 Å². The van der Waals surface area contributed by atoms with E-state index in [-0.39, 0.29) is 36.0 Å². The summed E-state index contributed by atoms with van der Waals surface area (Å²) in [5.74, 6) is -4.29. The predicted molar refractivity (Wildman–Crippen MR) is 143 cm³/mol. The number of hydrogen-bond donors (Lipinski definition) is 6. The molecule has 0 radical (unpaired) electrons. The maximum Gasteiger partial charge on any atom is 0.328 e. The first-order chi connectivity index (χ1) is 18.4. The van der Waals surface area contributed by atoms with Gasteiger partial charge >= 0.3 is 5.97 Å². The smallest absolute Gasteiger partial charge is 0.328 e. The number of phenols is 1. The van der Waals surface area contributed by atoms with E-state index < -0.39 is 54.3 Å². The van der Waals surface area contributed by atoms with Crippen molar-refractivity contribution < 1.29 is 39.2 Å². The molecule has 0 bridgehead atoms. The van der Waals surface area contributed by atoms with Crippen LogP contribution < -0.4 is 20.7 Å². The highest BCUT2D eigenvalue weighted by molar-refractivity contribution is 6.01. The lowest BCUT2D eigenvalue weighted by molar-refractivity contribution is -0.143. The molecule has 0 aliphatic carbocycles. The number of carboxylic acids is 1. The second-order valence-corrected chi connectivity index (χ2v) is 9.89. The van der Waals surface area contributed by atoms with E-state index >= 15 is 0 Å². The van der Waals surface area contributed by atoms with Crippen LogP contribution in [-0.4, -0.2) is 63.7 Å². The van der Waals surface area contributed by atoms with Gasteiger partial charge in [-0.1, -0.05) is 64.1 Å². The molecule has 0 aliphatic heterocycles. The first-order valence-corrected chi connectivity index (χ1v) is 12.7. The number of rotatable bonds is 14. The minimum Gasteiger partial charge on any atom is -0.504 e. The molecule has 3 amide bonds. The van der Waals surface area contributed by atoms with E-state index in [2.05, 4.69) is 16.0 Å². The molecule has 212 valence electrons. The number of para-hydroxylation sites is 1. The zero-order chi connectivity index (χ0) is 29.1. The molecule has 0 saturated heterocycles. The highest BCUT2D eigenvalue weighted by Crippen LogP contribution is 2.30. The molecule has 0 saturated carbocycles. The van der Waals surface area contributed by atoms with Crippen molar-refractivity contribution in [2.24, 2.45) is 11.8 Å². The third kappa shape index (κ3) is 9.29. The molecule has 2 aromatic rings. The first-order valence-electron chi connectivity index (χ1n) is 12.7. The Hall–Kier alpha value is -4.12. The van der Waals surface area contributed by atoms with Crippen LogP contribution in [0.3, 0.4) is 0 Å². The molecule has 0 unspecified atom stereocenters. The zero-order valence-electron chi connectivity index (χ0n) is 22.5. The Kier molecular flexibility index (Phi) is 11.7. The molecule has 2 rings (SSSR count). The molecule has 6 N–H and O–H groups in total. The van der Waals surface area contributed by atoms with Crippen molar-refractivity contribution >= 4 is 23.7 Å². The van der Waals surface area contributed by atoms with Gasteiger partial charge in [0.2, 0.25) is 11.8 Å². The minimum atomic E-state index is -1.52. The number of aliphatic hydroxyl groups excluding tert-OH is 1. The minimum absolute atomic E-state index is 0.0406. The van der Waals surface area contributed by atoms with Crippen molar-refractivity contribution in [1.82, 2.24) is 16.0 Å². The number of hydrogen-bond acceptors (Lipinski definition) is 7. The Morgan fingerprint density at radius 1 is 0.846 bits per heavy atom. The average Bonchev–Trinajstić information content (AvgIpc) is 2.88. The Bertz CT molecular complexity index is 1140. The zero-order valence-corrected chi connectivity index (χ0v) is 22.5. The Morgan fingerprint density at radius 3 is 2.05 bits per heavy atom. The third-order valence-corrected chi connectivity index (χ3v) is 5.85. The quantitative estimate of drug-likeness (QED) is 0.209. The number of carbonyl (C=O) groups excluding carboxylic acids is 3. The first kappa shape index (κ1) is 31.1. The van der Waals surface area contributed by atoms with Crippen molar-refractivity contribution in [2.75, 3.05) is 6.61 Å². The lowest BCUT2D eigenvalue weighted by Gasteiger charge is -2.27. The number of carbonyl (C=O) groups is 4. The number of carboxylic acid groups (broad SMARTS) is 1. The van der Waals surface area contributed by atoms with Gasteiger partial charge in [0.25, 0.3) is 5.91 Å². The molecule has 0 fully saturated rings. The molecule has 0 aromatic heterocycles. The summed E-state index contributed by atoms with van der Waals surface area (Å²) in [5.41, 5.74) is 0.777. The maximum atomic E-state index is 13.2. The maximum absolute atomic E-state index is 13.2. The third-order valence-electron chi connectivity index (χ3n) is 5.85. The lowest BCUT2D eigenvalue weighted by atomic mass is 9.99. The molecule has 0 heterocycles. The van der Waals surface area contributed by atoms with E-state index in [0.717, 1.165) is 5.56 Å². The number of ether oxygens (including phenoxy) is 1. The van der Waals surface area contributed by atoms with Crippen LogP contribution in [0.5, 0.6) is 11.5 Å². The molecule has 11 heteroatoms. The van der Waals surface area contributed by atoms with Crippen molar-refractivity contribution in [1.29, 1.82) is 0 Å². The summed E-state index contributed by atoms with van der Waals surface area (Å²) in [6.45, 7) is 6.41. The van der Waals surface area contributed by atoms with Gasteiger partial charge in [0.1, 0.15) is 24.7 Å². The summed E-state index contributed by atoms with van der Waals surface area (Å²) < 4.78 is 5.67. The van der Waals surface area contributed by atoms with Crippen LogP contribution >= 0.6 is 0 Å². The van der Waals surface area contributed by atoms with Gasteiger partial charge in [0, 0.05) is 0 Å². The van der Waals surface area contributed by atoms with Crippen molar-refractivity contribution in [3.8, 4) is 11.5 Å². The van der Waals surface area contributed by atoms with Crippen LogP contribution in [0.25, 0.3) is 0 Å². The van der Waals surface area contributed by atoms with Crippen LogP contribution in [0.1, 0.15) is 50.0 Å². The topological polar surface area (TPSA) is 174 Å². The van der Waals surface area contributed by atoms with Gasteiger partial charge in [-0.05, 0) is 36.0 Å². The van der Waals surface area contributed by atoms with Crippen LogP contribution in [-0.2, 0) is 21.0 Å². The highest BCUT2D eigenvalue weighted by atomic mass is 16.5. The van der Waals surface area contributed by atoms with Gasteiger partial charge in [-0.3, -0.25) is 14.4 Å². The highest BCUT2D eigenvalue weighted by Gasteiger charge is 2.31. The van der Waals surface area contributed by atoms with E-state index in [4.69, 9.17) is 9.84 Å². The molecule has 0 spiro atoms. The SMILES string of the molecule is CC(C)C[C@H](NC(=O)[C@@H](NC(=O)c1cccc(OCc2ccccc2)c1O)C(C)C)C(=O)N[C@@H](CO)C(=O)O. The van der Waals surface area contributed by atoms with Crippen LogP contribution in [0.2, 0.25) is 0 Å². The second-order valence-electron chi connectivity index (χ2n) is 9.89. The van der Waals surface area contributed by atoms with Crippen LogP contribution in [0.4, 0.5) is 0 Å². The Morgan fingerprint density at radius 2 is 1.49 bits per heavy atom. The van der Waals surface area contributed by atoms with Crippen molar-refractivity contribution in [3.63, 3.8) is 0 Å². The normalized spacial score (nSPS) is 13.3. The number of aliphatic hydroxyl groups is 1. The van der Waals surface area contributed by atoms with Gasteiger partial charge in [-0.25, -0.2) is 4.79 Å². The molecule has 39 heavy (non-hydrogen) atoms. The van der Waals surface area contributed by atoms with E-state index in [1.165, 1.54) is 12.1 Å². The molecule has 3 atom stereocenters. The monoisotopic (exact) mass is 543 g/mol. The molecule has 2 aromatic carbocycles. The summed E-state index contributed by atoms with van der Waals surface area (Å²) in [7, 11) is 0. The largest absolute Gasteiger partial charge is 0.504 e. The number of aliphatic carboxylic acids is 1. The van der Waals surface area contributed by atoms with Gasteiger partial charge in [0.05, 0.1) is 12.2 Å². The lowest BCUT2D eigenvalue weighted by Crippen LogP contribution is -2.57. The van der Waals surface area contributed by atoms with E-state index in [1.807, 2.05) is 44.2 Å². The fourth-order valence-corrected chi connectivity index (χ4v) is 3.73. The summed E-state index contributed by atoms with van der Waals surface area (Å²) in [5, 5.41) is 36.5. The number of aromatic hydroxyl groups is 1.